The van der Waals surface area contributed by atoms with Gasteiger partial charge in [-0.05, 0) is 64.7 Å². The molecule has 0 heterocycles. The van der Waals surface area contributed by atoms with Gasteiger partial charge in [-0.2, -0.15) is 0 Å². The predicted octanol–water partition coefficient (Wildman–Crippen LogP) is 5.41. The second-order valence-electron chi connectivity index (χ2n) is 7.48. The van der Waals surface area contributed by atoms with Gasteiger partial charge in [-0.3, -0.25) is 4.79 Å². The zero-order chi connectivity index (χ0) is 20.9. The fraction of sp³-hybridized carbons (Fsp3) is 0.208. The van der Waals surface area contributed by atoms with Crippen LogP contribution >= 0.6 is 15.9 Å². The number of rotatable bonds is 7. The Morgan fingerprint density at radius 1 is 1.00 bits per heavy atom. The third kappa shape index (κ3) is 5.92. The quantitative estimate of drug-likeness (QED) is 0.503. The van der Waals surface area contributed by atoms with E-state index in [1.807, 2.05) is 30.3 Å². The minimum Gasteiger partial charge on any atom is -0.492 e. The standard InChI is InChI=1S/C24H25BrN2O2/c1-24(2,26)23(28)27-20-12-13-22(21(25)16-20)29-15-14-17-8-10-19(11-9-17)18-6-4-3-5-7-18/h3-13,16H,14-15,26H2,1-2H3,(H,27,28). The number of nitrogens with two attached hydrogens (primary N) is 1. The van der Waals surface area contributed by atoms with Gasteiger partial charge in [-0.1, -0.05) is 54.6 Å². The zero-order valence-electron chi connectivity index (χ0n) is 16.6. The van der Waals surface area contributed by atoms with Gasteiger partial charge in [0.25, 0.3) is 0 Å². The molecule has 0 fully saturated rings. The maximum atomic E-state index is 12.0. The molecule has 0 spiro atoms. The maximum Gasteiger partial charge on any atom is 0.243 e. The van der Waals surface area contributed by atoms with Crippen LogP contribution in [0.5, 0.6) is 5.75 Å². The minimum absolute atomic E-state index is 0.239. The summed E-state index contributed by atoms with van der Waals surface area (Å²) in [6.45, 7) is 3.90. The molecular formula is C24H25BrN2O2. The summed E-state index contributed by atoms with van der Waals surface area (Å²) >= 11 is 3.50. The van der Waals surface area contributed by atoms with Crippen LogP contribution in [0.15, 0.2) is 77.3 Å². The van der Waals surface area contributed by atoms with Crippen molar-refractivity contribution in [2.75, 3.05) is 11.9 Å². The Morgan fingerprint density at radius 3 is 2.28 bits per heavy atom. The predicted molar refractivity (Wildman–Crippen MR) is 122 cm³/mol. The van der Waals surface area contributed by atoms with Gasteiger partial charge in [-0.15, -0.1) is 0 Å². The molecule has 0 saturated heterocycles. The monoisotopic (exact) mass is 452 g/mol. The van der Waals surface area contributed by atoms with Gasteiger partial charge in [0, 0.05) is 12.1 Å². The van der Waals surface area contributed by atoms with Crippen molar-refractivity contribution >= 4 is 27.5 Å². The highest BCUT2D eigenvalue weighted by Crippen LogP contribution is 2.28. The summed E-state index contributed by atoms with van der Waals surface area (Å²) in [6, 6.07) is 24.3. The van der Waals surface area contributed by atoms with Crippen LogP contribution in [0.2, 0.25) is 0 Å². The Kier molecular flexibility index (Phi) is 6.72. The van der Waals surface area contributed by atoms with Crippen LogP contribution < -0.4 is 15.8 Å². The van der Waals surface area contributed by atoms with E-state index in [1.54, 1.807) is 19.9 Å². The third-order valence-corrected chi connectivity index (χ3v) is 5.10. The van der Waals surface area contributed by atoms with E-state index in [4.69, 9.17) is 10.5 Å². The number of carbonyl (C=O) groups excluding carboxylic acids is 1. The molecule has 150 valence electrons. The van der Waals surface area contributed by atoms with Gasteiger partial charge in [0.05, 0.1) is 16.6 Å². The van der Waals surface area contributed by atoms with Gasteiger partial charge in [0.15, 0.2) is 0 Å². The molecule has 3 N–H and O–H groups in total. The van der Waals surface area contributed by atoms with Gasteiger partial charge in [-0.25, -0.2) is 0 Å². The van der Waals surface area contributed by atoms with Crippen molar-refractivity contribution < 1.29 is 9.53 Å². The maximum absolute atomic E-state index is 12.0. The molecule has 0 aromatic heterocycles. The SMILES string of the molecule is CC(C)(N)C(=O)Nc1ccc(OCCc2ccc(-c3ccccc3)cc2)c(Br)c1. The van der Waals surface area contributed by atoms with Crippen molar-refractivity contribution in [3.8, 4) is 16.9 Å². The number of nitrogens with one attached hydrogen (secondary N) is 1. The Bertz CT molecular complexity index is 964. The van der Waals surface area contributed by atoms with E-state index in [9.17, 15) is 4.79 Å². The van der Waals surface area contributed by atoms with Gasteiger partial charge in [0.2, 0.25) is 5.91 Å². The fourth-order valence-electron chi connectivity index (χ4n) is 2.76. The van der Waals surface area contributed by atoms with Crippen molar-refractivity contribution in [3.05, 3.63) is 82.8 Å². The molecule has 29 heavy (non-hydrogen) atoms. The van der Waals surface area contributed by atoms with E-state index in [0.29, 0.717) is 12.3 Å². The van der Waals surface area contributed by atoms with E-state index in [-0.39, 0.29) is 5.91 Å². The van der Waals surface area contributed by atoms with Gasteiger partial charge < -0.3 is 15.8 Å². The van der Waals surface area contributed by atoms with Crippen LogP contribution in [0.25, 0.3) is 11.1 Å². The van der Waals surface area contributed by atoms with Crippen molar-refractivity contribution in [3.63, 3.8) is 0 Å². The summed E-state index contributed by atoms with van der Waals surface area (Å²) in [5.41, 5.74) is 9.18. The normalized spacial score (nSPS) is 11.2. The summed E-state index contributed by atoms with van der Waals surface area (Å²) < 4.78 is 6.68. The van der Waals surface area contributed by atoms with E-state index in [0.717, 1.165) is 16.6 Å². The second kappa shape index (κ2) is 9.25. The topological polar surface area (TPSA) is 64.4 Å². The Labute approximate surface area is 180 Å². The molecule has 0 radical (unpaired) electrons. The molecular weight excluding hydrogens is 428 g/mol. The molecule has 0 unspecified atom stereocenters. The summed E-state index contributed by atoms with van der Waals surface area (Å²) in [5, 5.41) is 2.80. The average Bonchev–Trinajstić information content (AvgIpc) is 2.70. The van der Waals surface area contributed by atoms with Crippen LogP contribution in [0.1, 0.15) is 19.4 Å². The first-order chi connectivity index (χ1) is 13.8. The van der Waals surface area contributed by atoms with Crippen molar-refractivity contribution in [2.24, 2.45) is 5.73 Å². The highest BCUT2D eigenvalue weighted by molar-refractivity contribution is 9.10. The third-order valence-electron chi connectivity index (χ3n) is 4.48. The molecule has 3 aromatic rings. The van der Waals surface area contributed by atoms with Crippen molar-refractivity contribution in [1.82, 2.24) is 0 Å². The Morgan fingerprint density at radius 2 is 1.66 bits per heavy atom. The van der Waals surface area contributed by atoms with E-state index >= 15 is 0 Å². The number of halogens is 1. The van der Waals surface area contributed by atoms with E-state index in [1.165, 1.54) is 16.7 Å². The molecule has 4 nitrogen and oxygen atoms in total. The first-order valence-corrected chi connectivity index (χ1v) is 10.3. The number of hydrogen-bond donors (Lipinski definition) is 2. The van der Waals surface area contributed by atoms with Crippen LogP contribution in [-0.4, -0.2) is 18.1 Å². The number of ether oxygens (including phenoxy) is 1. The van der Waals surface area contributed by atoms with Crippen LogP contribution in [0.4, 0.5) is 5.69 Å². The first-order valence-electron chi connectivity index (χ1n) is 9.50. The summed E-state index contributed by atoms with van der Waals surface area (Å²) in [6.07, 6.45) is 0.807. The molecule has 0 aliphatic rings. The van der Waals surface area contributed by atoms with E-state index in [2.05, 4.69) is 57.6 Å². The molecule has 1 amide bonds. The van der Waals surface area contributed by atoms with Gasteiger partial charge in [0.1, 0.15) is 5.75 Å². The van der Waals surface area contributed by atoms with Crippen LogP contribution in [0.3, 0.4) is 0 Å². The fourth-order valence-corrected chi connectivity index (χ4v) is 3.25. The number of amides is 1. The lowest BCUT2D eigenvalue weighted by atomic mass is 10.0. The Hall–Kier alpha value is -2.63. The highest BCUT2D eigenvalue weighted by atomic mass is 79.9. The zero-order valence-corrected chi connectivity index (χ0v) is 18.2. The average molecular weight is 453 g/mol. The van der Waals surface area contributed by atoms with Crippen LogP contribution in [-0.2, 0) is 11.2 Å². The molecule has 5 heteroatoms. The number of carbonyl (C=O) groups is 1. The Balaban J connectivity index is 1.54. The second-order valence-corrected chi connectivity index (χ2v) is 8.34. The summed E-state index contributed by atoms with van der Waals surface area (Å²) in [5.74, 6) is 0.493. The smallest absolute Gasteiger partial charge is 0.243 e. The molecule has 3 rings (SSSR count). The molecule has 0 atom stereocenters. The summed E-state index contributed by atoms with van der Waals surface area (Å²) in [4.78, 5) is 12.0. The number of benzene rings is 3. The first kappa shape index (κ1) is 21.1. The molecule has 0 bridgehead atoms. The lowest BCUT2D eigenvalue weighted by Crippen LogP contribution is -2.45. The van der Waals surface area contributed by atoms with Crippen LogP contribution in [0, 0.1) is 0 Å². The summed E-state index contributed by atoms with van der Waals surface area (Å²) in [7, 11) is 0. The molecule has 3 aromatic carbocycles. The van der Waals surface area contributed by atoms with Gasteiger partial charge >= 0.3 is 0 Å². The molecule has 0 aliphatic heterocycles. The van der Waals surface area contributed by atoms with Crippen molar-refractivity contribution in [2.45, 2.75) is 25.8 Å². The highest BCUT2D eigenvalue weighted by Gasteiger charge is 2.22. The minimum atomic E-state index is -0.933. The largest absolute Gasteiger partial charge is 0.492 e. The lowest BCUT2D eigenvalue weighted by molar-refractivity contribution is -0.120. The molecule has 0 saturated carbocycles. The number of hydrogen-bond acceptors (Lipinski definition) is 3. The van der Waals surface area contributed by atoms with Crippen molar-refractivity contribution in [1.29, 1.82) is 0 Å². The molecule has 0 aliphatic carbocycles. The lowest BCUT2D eigenvalue weighted by Gasteiger charge is -2.18. The van der Waals surface area contributed by atoms with E-state index < -0.39 is 5.54 Å². The number of anilines is 1.